The molecule has 4 rings (SSSR count). The van der Waals surface area contributed by atoms with Gasteiger partial charge in [-0.1, -0.05) is 6.07 Å². The minimum Gasteiger partial charge on any atom is -0.390 e. The summed E-state index contributed by atoms with van der Waals surface area (Å²) in [5.41, 5.74) is 2.28. The van der Waals surface area contributed by atoms with Gasteiger partial charge in [0.05, 0.1) is 11.7 Å². The Morgan fingerprint density at radius 2 is 2.14 bits per heavy atom. The molecule has 0 saturated carbocycles. The Morgan fingerprint density at radius 1 is 1.27 bits per heavy atom. The molecule has 0 radical (unpaired) electrons. The first kappa shape index (κ1) is 14.2. The van der Waals surface area contributed by atoms with Gasteiger partial charge in [-0.25, -0.2) is 0 Å². The van der Waals surface area contributed by atoms with Gasteiger partial charge in [-0.15, -0.1) is 0 Å². The zero-order valence-corrected chi connectivity index (χ0v) is 12.9. The van der Waals surface area contributed by atoms with Gasteiger partial charge in [0.15, 0.2) is 0 Å². The Bertz CT molecular complexity index is 643. The number of nitrogens with zero attached hydrogens (tertiary/aromatic N) is 1. The summed E-state index contributed by atoms with van der Waals surface area (Å²) in [5, 5.41) is 11.6. The smallest absolute Gasteiger partial charge is 0.0964 e. The lowest BCUT2D eigenvalue weighted by molar-refractivity contribution is -0.177. The van der Waals surface area contributed by atoms with E-state index in [0.717, 1.165) is 51.9 Å². The number of aliphatic hydroxyl groups is 1. The monoisotopic (exact) mass is 300 g/mol. The number of hydrogen-bond donors (Lipinski definition) is 2. The van der Waals surface area contributed by atoms with E-state index in [1.807, 2.05) is 6.20 Å². The van der Waals surface area contributed by atoms with Crippen molar-refractivity contribution in [2.75, 3.05) is 19.7 Å². The van der Waals surface area contributed by atoms with Gasteiger partial charge in [0.1, 0.15) is 0 Å². The van der Waals surface area contributed by atoms with E-state index in [1.54, 1.807) is 0 Å². The molecule has 0 unspecified atom stereocenters. The molecule has 1 aromatic heterocycles. The summed E-state index contributed by atoms with van der Waals surface area (Å²) < 4.78 is 5.98. The molecule has 2 N–H and O–H groups in total. The molecular weight excluding hydrogens is 276 g/mol. The highest BCUT2D eigenvalue weighted by atomic mass is 16.5. The third-order valence-electron chi connectivity index (χ3n) is 5.35. The van der Waals surface area contributed by atoms with Gasteiger partial charge in [-0.05, 0) is 54.8 Å². The molecule has 0 amide bonds. The van der Waals surface area contributed by atoms with Crippen molar-refractivity contribution >= 4 is 10.9 Å². The average Bonchev–Trinajstić information content (AvgIpc) is 3.00. The second-order valence-electron chi connectivity index (χ2n) is 6.75. The highest BCUT2D eigenvalue weighted by Gasteiger charge is 2.43. The highest BCUT2D eigenvalue weighted by molar-refractivity contribution is 5.79. The number of benzene rings is 1. The largest absolute Gasteiger partial charge is 0.390 e. The summed E-state index contributed by atoms with van der Waals surface area (Å²) >= 11 is 0. The Morgan fingerprint density at radius 3 is 2.95 bits per heavy atom. The molecule has 22 heavy (non-hydrogen) atoms. The maximum absolute atomic E-state index is 10.3. The van der Waals surface area contributed by atoms with E-state index in [-0.39, 0.29) is 11.7 Å². The first-order valence-electron chi connectivity index (χ1n) is 8.36. The van der Waals surface area contributed by atoms with Gasteiger partial charge >= 0.3 is 0 Å². The molecule has 4 nitrogen and oxygen atoms in total. The van der Waals surface area contributed by atoms with Crippen LogP contribution in [-0.2, 0) is 11.3 Å². The van der Waals surface area contributed by atoms with Crippen LogP contribution in [-0.4, -0.2) is 46.4 Å². The molecule has 3 heterocycles. The molecular formula is C18H24N2O2. The van der Waals surface area contributed by atoms with Crippen molar-refractivity contribution in [2.24, 2.45) is 0 Å². The average molecular weight is 300 g/mol. The fourth-order valence-corrected chi connectivity index (χ4v) is 3.94. The minimum absolute atomic E-state index is 0.265. The lowest BCUT2D eigenvalue weighted by atomic mass is 9.82. The van der Waals surface area contributed by atoms with Gasteiger partial charge < -0.3 is 14.8 Å². The normalized spacial score (nSPS) is 25.8. The third kappa shape index (κ3) is 2.56. The molecule has 0 aliphatic carbocycles. The number of ether oxygens (including phenoxy) is 1. The lowest BCUT2D eigenvalue weighted by Gasteiger charge is -2.46. The van der Waals surface area contributed by atoms with Crippen LogP contribution in [0.2, 0.25) is 0 Å². The van der Waals surface area contributed by atoms with Gasteiger partial charge in [-0.2, -0.15) is 0 Å². The zero-order valence-electron chi connectivity index (χ0n) is 12.9. The van der Waals surface area contributed by atoms with Crippen LogP contribution in [0.15, 0.2) is 30.5 Å². The second kappa shape index (κ2) is 5.69. The number of piperidine rings is 1. The molecule has 0 bridgehead atoms. The van der Waals surface area contributed by atoms with E-state index < -0.39 is 0 Å². The van der Waals surface area contributed by atoms with Crippen LogP contribution in [0.1, 0.15) is 31.2 Å². The molecule has 118 valence electrons. The summed E-state index contributed by atoms with van der Waals surface area (Å²) in [7, 11) is 0. The molecule has 2 aliphatic heterocycles. The van der Waals surface area contributed by atoms with Crippen LogP contribution in [0.4, 0.5) is 0 Å². The summed E-state index contributed by atoms with van der Waals surface area (Å²) in [4.78, 5) is 5.71. The van der Waals surface area contributed by atoms with Gasteiger partial charge in [-0.3, -0.25) is 4.90 Å². The molecule has 2 fully saturated rings. The number of aromatic amines is 1. The van der Waals surface area contributed by atoms with E-state index in [9.17, 15) is 5.11 Å². The number of rotatable bonds is 2. The SMILES string of the molecule is O[C@H]1CCCOC12CCN(Cc1ccc3[nH]ccc3c1)CC2. The van der Waals surface area contributed by atoms with Gasteiger partial charge in [0, 0.05) is 38.0 Å². The third-order valence-corrected chi connectivity index (χ3v) is 5.35. The van der Waals surface area contributed by atoms with Crippen LogP contribution in [0.3, 0.4) is 0 Å². The van der Waals surface area contributed by atoms with E-state index in [4.69, 9.17) is 4.74 Å². The van der Waals surface area contributed by atoms with Crippen molar-refractivity contribution in [3.05, 3.63) is 36.0 Å². The summed E-state index contributed by atoms with van der Waals surface area (Å²) in [6.45, 7) is 3.79. The number of hydrogen-bond acceptors (Lipinski definition) is 3. The summed E-state index contributed by atoms with van der Waals surface area (Å²) in [5.74, 6) is 0. The Labute approximate surface area is 131 Å². The van der Waals surface area contributed by atoms with E-state index in [1.165, 1.54) is 16.5 Å². The van der Waals surface area contributed by atoms with Crippen molar-refractivity contribution in [1.82, 2.24) is 9.88 Å². The maximum Gasteiger partial charge on any atom is 0.0964 e. The molecule has 2 aromatic rings. The summed E-state index contributed by atoms with van der Waals surface area (Å²) in [6, 6.07) is 8.75. The van der Waals surface area contributed by atoms with Crippen molar-refractivity contribution < 1.29 is 9.84 Å². The standard InChI is InChI=1S/C18H24N2O2/c21-17-2-1-11-22-18(17)6-9-20(10-7-18)13-14-3-4-16-15(12-14)5-8-19-16/h3-5,8,12,17,19,21H,1-2,6-7,9-11,13H2/t17-/m0/s1. The van der Waals surface area contributed by atoms with Gasteiger partial charge in [0.2, 0.25) is 0 Å². The van der Waals surface area contributed by atoms with Crippen LogP contribution in [0, 0.1) is 0 Å². The van der Waals surface area contributed by atoms with Crippen molar-refractivity contribution in [3.8, 4) is 0 Å². The second-order valence-corrected chi connectivity index (χ2v) is 6.75. The zero-order chi connectivity index (χ0) is 15.0. The molecule has 2 saturated heterocycles. The molecule has 1 aromatic carbocycles. The number of fused-ring (bicyclic) bond motifs is 1. The van der Waals surface area contributed by atoms with Crippen molar-refractivity contribution in [3.63, 3.8) is 0 Å². The summed E-state index contributed by atoms with van der Waals surface area (Å²) in [6.07, 6.45) is 5.48. The first-order valence-corrected chi connectivity index (χ1v) is 8.36. The van der Waals surface area contributed by atoms with Crippen LogP contribution in [0.5, 0.6) is 0 Å². The Kier molecular flexibility index (Phi) is 3.68. The van der Waals surface area contributed by atoms with Crippen molar-refractivity contribution in [2.45, 2.75) is 43.9 Å². The van der Waals surface area contributed by atoms with Gasteiger partial charge in [0.25, 0.3) is 0 Å². The minimum atomic E-state index is -0.278. The fraction of sp³-hybridized carbons (Fsp3) is 0.556. The molecule has 2 aliphatic rings. The number of aromatic nitrogens is 1. The number of likely N-dealkylation sites (tertiary alicyclic amines) is 1. The fourth-order valence-electron chi connectivity index (χ4n) is 3.94. The Balaban J connectivity index is 1.41. The lowest BCUT2D eigenvalue weighted by Crippen LogP contribution is -2.55. The predicted molar refractivity (Wildman–Crippen MR) is 86.7 cm³/mol. The van der Waals surface area contributed by atoms with Crippen LogP contribution >= 0.6 is 0 Å². The number of nitrogens with one attached hydrogen (secondary N) is 1. The first-order chi connectivity index (χ1) is 10.8. The number of aliphatic hydroxyl groups excluding tert-OH is 1. The maximum atomic E-state index is 10.3. The van der Waals surface area contributed by atoms with E-state index in [0.29, 0.717) is 0 Å². The molecule has 4 heteroatoms. The predicted octanol–water partition coefficient (Wildman–Crippen LogP) is 2.67. The van der Waals surface area contributed by atoms with Crippen LogP contribution in [0.25, 0.3) is 10.9 Å². The van der Waals surface area contributed by atoms with E-state index >= 15 is 0 Å². The Hall–Kier alpha value is -1.36. The highest BCUT2D eigenvalue weighted by Crippen LogP contribution is 2.35. The molecule has 1 atom stereocenters. The topological polar surface area (TPSA) is 48.5 Å². The quantitative estimate of drug-likeness (QED) is 0.896. The van der Waals surface area contributed by atoms with E-state index in [2.05, 4.69) is 34.1 Å². The van der Waals surface area contributed by atoms with Crippen LogP contribution < -0.4 is 0 Å². The molecule has 1 spiro atoms. The number of H-pyrrole nitrogens is 1. The van der Waals surface area contributed by atoms with Crippen molar-refractivity contribution in [1.29, 1.82) is 0 Å².